The first-order chi connectivity index (χ1) is 15.1. The normalized spacial score (nSPS) is 47.9. The fraction of sp³-hybridized carbons (Fsp3) is 0.792. The van der Waals surface area contributed by atoms with E-state index >= 15 is 0 Å². The Morgan fingerprint density at radius 1 is 1.06 bits per heavy atom. The predicted octanol–water partition coefficient (Wildman–Crippen LogP) is 1.23. The molecule has 3 N–H and O–H groups in total. The van der Waals surface area contributed by atoms with E-state index in [2.05, 4.69) is 0 Å². The summed E-state index contributed by atoms with van der Waals surface area (Å²) >= 11 is 0. The maximum Gasteiger partial charge on any atom is 0.333 e. The number of carbonyl (C=O) groups excluding carboxylic acids is 3. The highest BCUT2D eigenvalue weighted by molar-refractivity contribution is 5.86. The summed E-state index contributed by atoms with van der Waals surface area (Å²) in [6.07, 6.45) is -1.41. The second-order valence-electron chi connectivity index (χ2n) is 11.2. The van der Waals surface area contributed by atoms with Gasteiger partial charge in [0.1, 0.15) is 12.2 Å². The fourth-order valence-corrected chi connectivity index (χ4v) is 7.62. The van der Waals surface area contributed by atoms with E-state index in [0.29, 0.717) is 5.57 Å². The summed E-state index contributed by atoms with van der Waals surface area (Å²) in [7, 11) is 0. The molecule has 0 aromatic carbocycles. The minimum absolute atomic E-state index is 0.00702. The number of rotatable bonds is 2. The highest BCUT2D eigenvalue weighted by atomic mass is 16.7. The lowest BCUT2D eigenvalue weighted by molar-refractivity contribution is -0.331. The molecule has 0 bridgehead atoms. The Bertz CT molecular complexity index is 925. The number of aliphatic hydroxyl groups excluding tert-OH is 1. The largest absolute Gasteiger partial charge is 0.459 e. The SMILES string of the molecule is CC(=O)O[C@H]1CC(C)(C)[C@]2(O)C[C@H](O)[C@H]3[C@@H](C)C4=CC(=O)O[C@]4(O)C[C@@H]3[C@@]2(C)[C@H]1OC(C)=O. The van der Waals surface area contributed by atoms with Crippen molar-refractivity contribution in [1.82, 2.24) is 0 Å². The van der Waals surface area contributed by atoms with Crippen molar-refractivity contribution < 1.29 is 43.9 Å². The molecule has 0 aromatic rings. The molecule has 184 valence electrons. The second kappa shape index (κ2) is 7.26. The van der Waals surface area contributed by atoms with Crippen LogP contribution in [0.2, 0.25) is 0 Å². The van der Waals surface area contributed by atoms with Crippen LogP contribution in [0.1, 0.15) is 60.8 Å². The van der Waals surface area contributed by atoms with Gasteiger partial charge in [-0.15, -0.1) is 0 Å². The number of carbonyl (C=O) groups is 3. The topological polar surface area (TPSA) is 140 Å². The number of ether oxygens (including phenoxy) is 3. The molecule has 9 heteroatoms. The molecule has 0 unspecified atom stereocenters. The summed E-state index contributed by atoms with van der Waals surface area (Å²) in [4.78, 5) is 36.2. The van der Waals surface area contributed by atoms with Crippen LogP contribution in [0.5, 0.6) is 0 Å². The van der Waals surface area contributed by atoms with Gasteiger partial charge >= 0.3 is 17.9 Å². The Balaban J connectivity index is 1.91. The average Bonchev–Trinajstić information content (AvgIpc) is 2.96. The lowest BCUT2D eigenvalue weighted by Crippen LogP contribution is -2.77. The Kier molecular flexibility index (Phi) is 5.32. The van der Waals surface area contributed by atoms with Crippen molar-refractivity contribution in [3.8, 4) is 0 Å². The first-order valence-electron chi connectivity index (χ1n) is 11.5. The maximum absolute atomic E-state index is 12.3. The lowest BCUT2D eigenvalue weighted by Gasteiger charge is -2.70. The summed E-state index contributed by atoms with van der Waals surface area (Å²) in [5.41, 5.74) is -3.23. The standard InChI is InChI=1S/C24H34O9/c1-11-14-7-18(28)33-23(14,29)8-15-19(11)16(27)9-24(30)21(4,5)10-17(31-12(2)25)20(22(15,24)6)32-13(3)26/h7,11,15-17,19-20,27,29-30H,8-10H2,1-6H3/t11-,15-,16-,17-,19-,20-,22-,23+,24+/m0/s1. The third-order valence-electron chi connectivity index (χ3n) is 9.00. The van der Waals surface area contributed by atoms with E-state index in [9.17, 15) is 29.7 Å². The highest BCUT2D eigenvalue weighted by Crippen LogP contribution is 2.69. The van der Waals surface area contributed by atoms with Crippen LogP contribution in [0.15, 0.2) is 11.6 Å². The molecule has 9 atom stereocenters. The minimum atomic E-state index is -1.88. The third-order valence-corrected chi connectivity index (χ3v) is 9.00. The monoisotopic (exact) mass is 466 g/mol. The summed E-state index contributed by atoms with van der Waals surface area (Å²) < 4.78 is 16.7. The molecule has 4 rings (SSSR count). The van der Waals surface area contributed by atoms with Gasteiger partial charge in [-0.1, -0.05) is 27.7 Å². The Morgan fingerprint density at radius 3 is 2.24 bits per heavy atom. The lowest BCUT2D eigenvalue weighted by atomic mass is 9.39. The van der Waals surface area contributed by atoms with Crippen molar-refractivity contribution in [2.45, 2.75) is 90.5 Å². The number of aliphatic hydroxyl groups is 3. The van der Waals surface area contributed by atoms with Crippen LogP contribution in [-0.2, 0) is 28.6 Å². The first kappa shape index (κ1) is 24.2. The van der Waals surface area contributed by atoms with Gasteiger partial charge in [-0.05, 0) is 29.6 Å². The van der Waals surface area contributed by atoms with Crippen molar-refractivity contribution in [2.24, 2.45) is 28.6 Å². The number of hydrogen-bond donors (Lipinski definition) is 3. The molecule has 9 nitrogen and oxygen atoms in total. The van der Waals surface area contributed by atoms with Gasteiger partial charge in [0, 0.05) is 43.8 Å². The van der Waals surface area contributed by atoms with E-state index < -0.39 is 76.2 Å². The maximum atomic E-state index is 12.3. The molecule has 3 aliphatic carbocycles. The minimum Gasteiger partial charge on any atom is -0.459 e. The Labute approximate surface area is 193 Å². The second-order valence-corrected chi connectivity index (χ2v) is 11.2. The molecule has 0 amide bonds. The van der Waals surface area contributed by atoms with Crippen molar-refractivity contribution in [3.63, 3.8) is 0 Å². The van der Waals surface area contributed by atoms with Gasteiger partial charge in [-0.2, -0.15) is 0 Å². The third kappa shape index (κ3) is 3.19. The molecule has 33 heavy (non-hydrogen) atoms. The molecule has 3 fully saturated rings. The molecular formula is C24H34O9. The molecule has 0 radical (unpaired) electrons. The summed E-state index contributed by atoms with van der Waals surface area (Å²) in [6, 6.07) is 0. The van der Waals surface area contributed by atoms with Crippen molar-refractivity contribution in [3.05, 3.63) is 11.6 Å². The van der Waals surface area contributed by atoms with E-state index in [1.165, 1.54) is 19.9 Å². The van der Waals surface area contributed by atoms with Crippen molar-refractivity contribution in [1.29, 1.82) is 0 Å². The van der Waals surface area contributed by atoms with Gasteiger partial charge in [0.2, 0.25) is 5.79 Å². The van der Waals surface area contributed by atoms with Crippen LogP contribution in [0.25, 0.3) is 0 Å². The van der Waals surface area contributed by atoms with E-state index in [1.54, 1.807) is 6.92 Å². The van der Waals surface area contributed by atoms with Gasteiger partial charge in [0.15, 0.2) is 0 Å². The quantitative estimate of drug-likeness (QED) is 0.405. The summed E-state index contributed by atoms with van der Waals surface area (Å²) in [5, 5.41) is 34.9. The van der Waals surface area contributed by atoms with Crippen LogP contribution < -0.4 is 0 Å². The van der Waals surface area contributed by atoms with Crippen molar-refractivity contribution in [2.75, 3.05) is 0 Å². The van der Waals surface area contributed by atoms with E-state index in [4.69, 9.17) is 14.2 Å². The van der Waals surface area contributed by atoms with Crippen LogP contribution in [0.4, 0.5) is 0 Å². The van der Waals surface area contributed by atoms with E-state index in [1.807, 2.05) is 20.8 Å². The van der Waals surface area contributed by atoms with Crippen LogP contribution in [-0.4, -0.2) is 62.9 Å². The molecule has 0 saturated heterocycles. The zero-order valence-electron chi connectivity index (χ0n) is 20.0. The molecule has 1 heterocycles. The van der Waals surface area contributed by atoms with Gasteiger partial charge in [-0.3, -0.25) is 9.59 Å². The molecule has 4 aliphatic rings. The predicted molar refractivity (Wildman–Crippen MR) is 113 cm³/mol. The molecule has 1 aliphatic heterocycles. The van der Waals surface area contributed by atoms with E-state index in [-0.39, 0.29) is 19.3 Å². The number of esters is 3. The Morgan fingerprint density at radius 2 is 1.67 bits per heavy atom. The summed E-state index contributed by atoms with van der Waals surface area (Å²) in [5.74, 6) is -5.20. The number of hydrogen-bond acceptors (Lipinski definition) is 9. The fourth-order valence-electron chi connectivity index (χ4n) is 7.62. The first-order valence-corrected chi connectivity index (χ1v) is 11.5. The molecular weight excluding hydrogens is 432 g/mol. The number of fused-ring (bicyclic) bond motifs is 4. The zero-order valence-corrected chi connectivity index (χ0v) is 20.0. The van der Waals surface area contributed by atoms with Crippen LogP contribution in [0, 0.1) is 28.6 Å². The van der Waals surface area contributed by atoms with Gasteiger partial charge in [-0.25, -0.2) is 4.79 Å². The molecule has 0 spiro atoms. The molecule has 3 saturated carbocycles. The van der Waals surface area contributed by atoms with E-state index in [0.717, 1.165) is 0 Å². The van der Waals surface area contributed by atoms with Crippen LogP contribution >= 0.6 is 0 Å². The smallest absolute Gasteiger partial charge is 0.333 e. The highest BCUT2D eigenvalue weighted by Gasteiger charge is 2.75. The zero-order chi connectivity index (χ0) is 24.7. The average molecular weight is 467 g/mol. The van der Waals surface area contributed by atoms with Gasteiger partial charge in [0.25, 0.3) is 0 Å². The summed E-state index contributed by atoms with van der Waals surface area (Å²) in [6.45, 7) is 9.77. The molecule has 0 aromatic heterocycles. The Hall–Kier alpha value is -1.97. The van der Waals surface area contributed by atoms with Crippen LogP contribution in [0.3, 0.4) is 0 Å². The van der Waals surface area contributed by atoms with Gasteiger partial charge < -0.3 is 29.5 Å². The van der Waals surface area contributed by atoms with Crippen molar-refractivity contribution >= 4 is 17.9 Å². The van der Waals surface area contributed by atoms with Gasteiger partial charge in [0.05, 0.1) is 11.7 Å².